The largest absolute Gasteiger partial charge is 0.493 e. The standard InChI is InChI=1S/C17H16N2O2/c1-2-11-21-15-10-6-4-8-13(15)16-18-14-9-5-3-7-12(14)17(20)19-16/h3-10H,2,11H2,1H3,(H,18,19,20). The lowest BCUT2D eigenvalue weighted by Crippen LogP contribution is -2.10. The second-order valence-electron chi connectivity index (χ2n) is 4.78. The van der Waals surface area contributed by atoms with Crippen molar-refractivity contribution in [3.8, 4) is 17.1 Å². The number of aromatic nitrogens is 2. The highest BCUT2D eigenvalue weighted by molar-refractivity contribution is 5.80. The zero-order valence-electron chi connectivity index (χ0n) is 11.8. The van der Waals surface area contributed by atoms with Crippen molar-refractivity contribution in [3.05, 3.63) is 58.9 Å². The molecule has 1 aromatic heterocycles. The minimum atomic E-state index is -0.138. The van der Waals surface area contributed by atoms with Crippen LogP contribution in [0.5, 0.6) is 5.75 Å². The molecule has 0 saturated heterocycles. The molecule has 0 saturated carbocycles. The van der Waals surface area contributed by atoms with Crippen LogP contribution in [0.2, 0.25) is 0 Å². The minimum absolute atomic E-state index is 0.138. The molecular formula is C17H16N2O2. The molecule has 0 aliphatic heterocycles. The van der Waals surface area contributed by atoms with Crippen molar-refractivity contribution in [1.29, 1.82) is 0 Å². The van der Waals surface area contributed by atoms with Crippen LogP contribution in [0.4, 0.5) is 0 Å². The Morgan fingerprint density at radius 2 is 1.86 bits per heavy atom. The van der Waals surface area contributed by atoms with E-state index in [1.54, 1.807) is 6.07 Å². The van der Waals surface area contributed by atoms with Crippen molar-refractivity contribution < 1.29 is 4.74 Å². The summed E-state index contributed by atoms with van der Waals surface area (Å²) >= 11 is 0. The first kappa shape index (κ1) is 13.4. The van der Waals surface area contributed by atoms with Crippen molar-refractivity contribution in [3.63, 3.8) is 0 Å². The SMILES string of the molecule is CCCOc1ccccc1-c1nc2ccccc2c(=O)[nH]1. The number of benzene rings is 2. The molecule has 1 N–H and O–H groups in total. The molecule has 0 fully saturated rings. The number of nitrogens with zero attached hydrogens (tertiary/aromatic N) is 1. The summed E-state index contributed by atoms with van der Waals surface area (Å²) in [6.07, 6.45) is 0.927. The van der Waals surface area contributed by atoms with Crippen LogP contribution in [-0.2, 0) is 0 Å². The predicted molar refractivity (Wildman–Crippen MR) is 83.6 cm³/mol. The molecule has 106 valence electrons. The first-order chi connectivity index (χ1) is 10.3. The van der Waals surface area contributed by atoms with Gasteiger partial charge in [0.2, 0.25) is 0 Å². The molecule has 2 aromatic carbocycles. The molecule has 1 heterocycles. The molecule has 0 unspecified atom stereocenters. The number of fused-ring (bicyclic) bond motifs is 1. The third-order valence-electron chi connectivity index (χ3n) is 3.22. The highest BCUT2D eigenvalue weighted by atomic mass is 16.5. The molecule has 0 bridgehead atoms. The summed E-state index contributed by atoms with van der Waals surface area (Å²) in [6, 6.07) is 14.9. The van der Waals surface area contributed by atoms with E-state index in [4.69, 9.17) is 4.74 Å². The van der Waals surface area contributed by atoms with Gasteiger partial charge in [-0.05, 0) is 30.7 Å². The van der Waals surface area contributed by atoms with Gasteiger partial charge >= 0.3 is 0 Å². The van der Waals surface area contributed by atoms with Gasteiger partial charge in [0.25, 0.3) is 5.56 Å². The van der Waals surface area contributed by atoms with Gasteiger partial charge in [-0.1, -0.05) is 31.2 Å². The van der Waals surface area contributed by atoms with E-state index in [2.05, 4.69) is 16.9 Å². The quantitative estimate of drug-likeness (QED) is 0.797. The minimum Gasteiger partial charge on any atom is -0.493 e. The fourth-order valence-electron chi connectivity index (χ4n) is 2.21. The number of hydrogen-bond acceptors (Lipinski definition) is 3. The van der Waals surface area contributed by atoms with E-state index in [0.29, 0.717) is 23.3 Å². The lowest BCUT2D eigenvalue weighted by Gasteiger charge is -2.10. The highest BCUT2D eigenvalue weighted by Crippen LogP contribution is 2.27. The van der Waals surface area contributed by atoms with Crippen LogP contribution in [0, 0.1) is 0 Å². The van der Waals surface area contributed by atoms with Crippen molar-refractivity contribution in [1.82, 2.24) is 9.97 Å². The molecular weight excluding hydrogens is 264 g/mol. The maximum absolute atomic E-state index is 12.2. The number of nitrogens with one attached hydrogen (secondary N) is 1. The van der Waals surface area contributed by atoms with Crippen molar-refractivity contribution in [2.75, 3.05) is 6.61 Å². The van der Waals surface area contributed by atoms with Gasteiger partial charge in [0.05, 0.1) is 23.1 Å². The summed E-state index contributed by atoms with van der Waals surface area (Å²) in [7, 11) is 0. The van der Waals surface area contributed by atoms with E-state index in [9.17, 15) is 4.79 Å². The Morgan fingerprint density at radius 1 is 1.10 bits per heavy atom. The monoisotopic (exact) mass is 280 g/mol. The summed E-state index contributed by atoms with van der Waals surface area (Å²) in [6.45, 7) is 2.69. The van der Waals surface area contributed by atoms with Crippen LogP contribution in [0.3, 0.4) is 0 Å². The molecule has 0 spiro atoms. The second kappa shape index (κ2) is 5.79. The number of rotatable bonds is 4. The third kappa shape index (κ3) is 2.65. The molecule has 0 atom stereocenters. The Bertz CT molecular complexity index is 824. The van der Waals surface area contributed by atoms with Gasteiger partial charge in [-0.2, -0.15) is 0 Å². The number of para-hydroxylation sites is 2. The Balaban J connectivity index is 2.14. The number of H-pyrrole nitrogens is 1. The first-order valence-corrected chi connectivity index (χ1v) is 7.01. The van der Waals surface area contributed by atoms with Gasteiger partial charge < -0.3 is 9.72 Å². The van der Waals surface area contributed by atoms with Crippen molar-refractivity contribution >= 4 is 10.9 Å². The Kier molecular flexibility index (Phi) is 3.69. The van der Waals surface area contributed by atoms with E-state index in [1.807, 2.05) is 42.5 Å². The summed E-state index contributed by atoms with van der Waals surface area (Å²) in [5.74, 6) is 1.27. The predicted octanol–water partition coefficient (Wildman–Crippen LogP) is 3.38. The Hall–Kier alpha value is -2.62. The zero-order valence-corrected chi connectivity index (χ0v) is 11.8. The van der Waals surface area contributed by atoms with Gasteiger partial charge in [-0.15, -0.1) is 0 Å². The van der Waals surface area contributed by atoms with Crippen LogP contribution in [-0.4, -0.2) is 16.6 Å². The topological polar surface area (TPSA) is 55.0 Å². The van der Waals surface area contributed by atoms with E-state index in [1.165, 1.54) is 0 Å². The fourth-order valence-corrected chi connectivity index (χ4v) is 2.21. The van der Waals surface area contributed by atoms with Crippen LogP contribution >= 0.6 is 0 Å². The first-order valence-electron chi connectivity index (χ1n) is 7.01. The highest BCUT2D eigenvalue weighted by Gasteiger charge is 2.10. The van der Waals surface area contributed by atoms with Crippen LogP contribution < -0.4 is 10.3 Å². The molecule has 3 rings (SSSR count). The van der Waals surface area contributed by atoms with Crippen molar-refractivity contribution in [2.24, 2.45) is 0 Å². The molecule has 0 radical (unpaired) electrons. The summed E-state index contributed by atoms with van der Waals surface area (Å²) in [5.41, 5.74) is 1.34. The Labute approximate surface area is 122 Å². The lowest BCUT2D eigenvalue weighted by atomic mass is 10.1. The summed E-state index contributed by atoms with van der Waals surface area (Å²) in [5, 5.41) is 0.591. The number of ether oxygens (including phenoxy) is 1. The van der Waals surface area contributed by atoms with Crippen LogP contribution in [0.15, 0.2) is 53.3 Å². The molecule has 3 aromatic rings. The molecule has 4 nitrogen and oxygen atoms in total. The fraction of sp³-hybridized carbons (Fsp3) is 0.176. The van der Waals surface area contributed by atoms with Crippen LogP contribution in [0.1, 0.15) is 13.3 Å². The van der Waals surface area contributed by atoms with Gasteiger partial charge in [0.15, 0.2) is 0 Å². The second-order valence-corrected chi connectivity index (χ2v) is 4.78. The third-order valence-corrected chi connectivity index (χ3v) is 3.22. The van der Waals surface area contributed by atoms with Crippen LogP contribution in [0.25, 0.3) is 22.3 Å². The van der Waals surface area contributed by atoms with Crippen molar-refractivity contribution in [2.45, 2.75) is 13.3 Å². The average Bonchev–Trinajstić information content (AvgIpc) is 2.53. The number of hydrogen-bond donors (Lipinski definition) is 1. The summed E-state index contributed by atoms with van der Waals surface area (Å²) in [4.78, 5) is 19.5. The maximum atomic E-state index is 12.2. The van der Waals surface area contributed by atoms with E-state index < -0.39 is 0 Å². The van der Waals surface area contributed by atoms with Gasteiger partial charge in [0, 0.05) is 0 Å². The van der Waals surface area contributed by atoms with E-state index in [-0.39, 0.29) is 5.56 Å². The number of aromatic amines is 1. The zero-order chi connectivity index (χ0) is 14.7. The molecule has 0 amide bonds. The molecule has 0 aliphatic rings. The van der Waals surface area contributed by atoms with E-state index >= 15 is 0 Å². The van der Waals surface area contributed by atoms with Gasteiger partial charge in [-0.3, -0.25) is 4.79 Å². The normalized spacial score (nSPS) is 10.7. The smallest absolute Gasteiger partial charge is 0.259 e. The average molecular weight is 280 g/mol. The van der Waals surface area contributed by atoms with E-state index in [0.717, 1.165) is 17.7 Å². The molecule has 0 aliphatic carbocycles. The van der Waals surface area contributed by atoms with Gasteiger partial charge in [0.1, 0.15) is 11.6 Å². The Morgan fingerprint density at radius 3 is 2.71 bits per heavy atom. The van der Waals surface area contributed by atoms with Gasteiger partial charge in [-0.25, -0.2) is 4.98 Å². The molecule has 4 heteroatoms. The maximum Gasteiger partial charge on any atom is 0.259 e. The molecule has 21 heavy (non-hydrogen) atoms. The lowest BCUT2D eigenvalue weighted by molar-refractivity contribution is 0.318. The summed E-state index contributed by atoms with van der Waals surface area (Å²) < 4.78 is 5.73.